The van der Waals surface area contributed by atoms with Crippen molar-refractivity contribution in [3.63, 3.8) is 0 Å². The zero-order chi connectivity index (χ0) is 14.1. The molecule has 0 atom stereocenters. The summed E-state index contributed by atoms with van der Waals surface area (Å²) in [6.45, 7) is 3.64. The summed E-state index contributed by atoms with van der Waals surface area (Å²) in [6.07, 6.45) is 5.07. The number of anilines is 1. The molecule has 0 fully saturated rings. The Hall–Kier alpha value is -1.64. The predicted molar refractivity (Wildman–Crippen MR) is 78.2 cm³/mol. The molecule has 1 rings (SSSR count). The van der Waals surface area contributed by atoms with Crippen LogP contribution in [0.3, 0.4) is 0 Å². The SMILES string of the molecule is CC(=O)CCCCCCC(=O)Nc1ccc(C)cc1. The maximum Gasteiger partial charge on any atom is 0.224 e. The van der Waals surface area contributed by atoms with Gasteiger partial charge in [-0.15, -0.1) is 0 Å². The molecule has 0 radical (unpaired) electrons. The van der Waals surface area contributed by atoms with Gasteiger partial charge in [-0.25, -0.2) is 0 Å². The quantitative estimate of drug-likeness (QED) is 0.722. The Morgan fingerprint density at radius 3 is 2.11 bits per heavy atom. The number of hydrogen-bond donors (Lipinski definition) is 1. The number of nitrogens with one attached hydrogen (secondary N) is 1. The van der Waals surface area contributed by atoms with Crippen LogP contribution in [-0.2, 0) is 9.59 Å². The Morgan fingerprint density at radius 2 is 1.53 bits per heavy atom. The van der Waals surface area contributed by atoms with E-state index in [1.54, 1.807) is 6.92 Å². The highest BCUT2D eigenvalue weighted by Gasteiger charge is 2.02. The molecule has 19 heavy (non-hydrogen) atoms. The van der Waals surface area contributed by atoms with Crippen LogP contribution < -0.4 is 5.32 Å². The number of ketones is 1. The van der Waals surface area contributed by atoms with Crippen molar-refractivity contribution < 1.29 is 9.59 Å². The Balaban J connectivity index is 2.11. The number of carbonyl (C=O) groups is 2. The van der Waals surface area contributed by atoms with Gasteiger partial charge in [0.2, 0.25) is 5.91 Å². The Labute approximate surface area is 115 Å². The normalized spacial score (nSPS) is 10.2. The number of carbonyl (C=O) groups excluding carboxylic acids is 2. The number of rotatable bonds is 8. The molecule has 0 aliphatic rings. The lowest BCUT2D eigenvalue weighted by Gasteiger charge is -2.05. The van der Waals surface area contributed by atoms with Gasteiger partial charge in [0.15, 0.2) is 0 Å². The Bertz CT molecular complexity index is 409. The second kappa shape index (κ2) is 8.46. The maximum atomic E-state index is 11.7. The average molecular weight is 261 g/mol. The molecule has 1 aromatic carbocycles. The largest absolute Gasteiger partial charge is 0.326 e. The number of aryl methyl sites for hydroxylation is 1. The number of benzene rings is 1. The smallest absolute Gasteiger partial charge is 0.224 e. The predicted octanol–water partition coefficient (Wildman–Crippen LogP) is 3.86. The summed E-state index contributed by atoms with van der Waals surface area (Å²) in [4.78, 5) is 22.4. The molecule has 0 bridgehead atoms. The van der Waals surface area contributed by atoms with Crippen LogP contribution in [0.4, 0.5) is 5.69 Å². The first-order valence-corrected chi connectivity index (χ1v) is 6.94. The average Bonchev–Trinajstić information content (AvgIpc) is 2.36. The van der Waals surface area contributed by atoms with Crippen molar-refractivity contribution in [2.75, 3.05) is 5.32 Å². The molecular weight excluding hydrogens is 238 g/mol. The molecule has 0 spiro atoms. The van der Waals surface area contributed by atoms with Gasteiger partial charge in [-0.05, 0) is 38.8 Å². The number of hydrogen-bond acceptors (Lipinski definition) is 2. The molecule has 0 aromatic heterocycles. The van der Waals surface area contributed by atoms with Crippen LogP contribution in [0.1, 0.15) is 51.0 Å². The standard InChI is InChI=1S/C16H23NO2/c1-13-9-11-15(12-10-13)17-16(19)8-6-4-3-5-7-14(2)18/h9-12H,3-8H2,1-2H3,(H,17,19). The van der Waals surface area contributed by atoms with E-state index in [0.29, 0.717) is 12.8 Å². The summed E-state index contributed by atoms with van der Waals surface area (Å²) in [5.74, 6) is 0.313. The van der Waals surface area contributed by atoms with Crippen LogP contribution in [-0.4, -0.2) is 11.7 Å². The first-order valence-electron chi connectivity index (χ1n) is 6.94. The summed E-state index contributed by atoms with van der Waals surface area (Å²) < 4.78 is 0. The fraction of sp³-hybridized carbons (Fsp3) is 0.500. The van der Waals surface area contributed by atoms with E-state index in [1.807, 2.05) is 31.2 Å². The lowest BCUT2D eigenvalue weighted by atomic mass is 10.1. The fourth-order valence-electron chi connectivity index (χ4n) is 1.87. The minimum Gasteiger partial charge on any atom is -0.326 e. The summed E-state index contributed by atoms with van der Waals surface area (Å²) in [7, 11) is 0. The minimum atomic E-state index is 0.0652. The van der Waals surface area contributed by atoms with Gasteiger partial charge in [-0.3, -0.25) is 4.79 Å². The van der Waals surface area contributed by atoms with Crippen molar-refractivity contribution in [1.29, 1.82) is 0 Å². The van der Waals surface area contributed by atoms with E-state index < -0.39 is 0 Å². The van der Waals surface area contributed by atoms with Crippen molar-refractivity contribution >= 4 is 17.4 Å². The molecule has 3 heteroatoms. The van der Waals surface area contributed by atoms with Crippen molar-refractivity contribution in [1.82, 2.24) is 0 Å². The van der Waals surface area contributed by atoms with Crippen molar-refractivity contribution in [3.05, 3.63) is 29.8 Å². The van der Waals surface area contributed by atoms with E-state index in [-0.39, 0.29) is 11.7 Å². The summed E-state index contributed by atoms with van der Waals surface area (Å²) in [6, 6.07) is 7.80. The van der Waals surface area contributed by atoms with Crippen LogP contribution in [0.5, 0.6) is 0 Å². The number of amides is 1. The van der Waals surface area contributed by atoms with Crippen molar-refractivity contribution in [3.8, 4) is 0 Å². The minimum absolute atomic E-state index is 0.0652. The molecule has 1 aromatic rings. The van der Waals surface area contributed by atoms with Gasteiger partial charge in [0.1, 0.15) is 5.78 Å². The van der Waals surface area contributed by atoms with Gasteiger partial charge in [-0.1, -0.05) is 30.5 Å². The highest BCUT2D eigenvalue weighted by atomic mass is 16.1. The molecular formula is C16H23NO2. The monoisotopic (exact) mass is 261 g/mol. The van der Waals surface area contributed by atoms with E-state index in [1.165, 1.54) is 5.56 Å². The molecule has 0 heterocycles. The van der Waals surface area contributed by atoms with Gasteiger partial charge >= 0.3 is 0 Å². The first-order chi connectivity index (χ1) is 9.08. The maximum absolute atomic E-state index is 11.7. The van der Waals surface area contributed by atoms with E-state index in [2.05, 4.69) is 5.32 Å². The van der Waals surface area contributed by atoms with Crippen molar-refractivity contribution in [2.45, 2.75) is 52.4 Å². The van der Waals surface area contributed by atoms with E-state index in [9.17, 15) is 9.59 Å². The summed E-state index contributed by atoms with van der Waals surface area (Å²) in [5.41, 5.74) is 2.04. The van der Waals surface area contributed by atoms with E-state index >= 15 is 0 Å². The molecule has 0 saturated heterocycles. The molecule has 1 N–H and O–H groups in total. The van der Waals surface area contributed by atoms with Crippen LogP contribution in [0.15, 0.2) is 24.3 Å². The third-order valence-corrected chi connectivity index (χ3v) is 3.02. The molecule has 0 aliphatic heterocycles. The molecule has 1 amide bonds. The van der Waals surface area contributed by atoms with Gasteiger partial charge in [0.05, 0.1) is 0 Å². The lowest BCUT2D eigenvalue weighted by Crippen LogP contribution is -2.10. The Morgan fingerprint density at radius 1 is 0.947 bits per heavy atom. The lowest BCUT2D eigenvalue weighted by molar-refractivity contribution is -0.117. The van der Waals surface area contributed by atoms with E-state index in [4.69, 9.17) is 0 Å². The topological polar surface area (TPSA) is 46.2 Å². The van der Waals surface area contributed by atoms with Gasteiger partial charge in [-0.2, -0.15) is 0 Å². The molecule has 0 saturated carbocycles. The third kappa shape index (κ3) is 7.39. The van der Waals surface area contributed by atoms with Gasteiger partial charge < -0.3 is 10.1 Å². The van der Waals surface area contributed by atoms with Crippen LogP contribution in [0.25, 0.3) is 0 Å². The number of unbranched alkanes of at least 4 members (excludes halogenated alkanes) is 3. The molecule has 104 valence electrons. The highest BCUT2D eigenvalue weighted by Crippen LogP contribution is 2.10. The third-order valence-electron chi connectivity index (χ3n) is 3.02. The summed E-state index contributed by atoms with van der Waals surface area (Å²) in [5, 5.41) is 2.89. The van der Waals surface area contributed by atoms with Crippen molar-refractivity contribution in [2.24, 2.45) is 0 Å². The van der Waals surface area contributed by atoms with Gasteiger partial charge in [0, 0.05) is 18.5 Å². The second-order valence-electron chi connectivity index (χ2n) is 5.03. The Kier molecular flexibility index (Phi) is 6.86. The summed E-state index contributed by atoms with van der Waals surface area (Å²) >= 11 is 0. The van der Waals surface area contributed by atoms with Crippen LogP contribution in [0.2, 0.25) is 0 Å². The molecule has 0 unspecified atom stereocenters. The van der Waals surface area contributed by atoms with Gasteiger partial charge in [0.25, 0.3) is 0 Å². The van der Waals surface area contributed by atoms with Crippen LogP contribution in [0, 0.1) is 6.92 Å². The fourth-order valence-corrected chi connectivity index (χ4v) is 1.87. The number of Topliss-reactive ketones (excluding diaryl/α,β-unsaturated/α-hetero) is 1. The molecule has 0 aliphatic carbocycles. The first kappa shape index (κ1) is 15.4. The zero-order valence-corrected chi connectivity index (χ0v) is 11.9. The van der Waals surface area contributed by atoms with Crippen LogP contribution >= 0.6 is 0 Å². The highest BCUT2D eigenvalue weighted by molar-refractivity contribution is 5.90. The zero-order valence-electron chi connectivity index (χ0n) is 11.9. The molecule has 3 nitrogen and oxygen atoms in total. The second-order valence-corrected chi connectivity index (χ2v) is 5.03. The van der Waals surface area contributed by atoms with E-state index in [0.717, 1.165) is 31.4 Å².